The zero-order valence-electron chi connectivity index (χ0n) is 15.1. The average molecular weight is 389 g/mol. The number of benzene rings is 1. The van der Waals surface area contributed by atoms with Gasteiger partial charge >= 0.3 is 0 Å². The molecule has 1 aromatic carbocycles. The van der Waals surface area contributed by atoms with Crippen LogP contribution >= 0.6 is 24.0 Å². The predicted molar refractivity (Wildman–Crippen MR) is 106 cm³/mol. The van der Waals surface area contributed by atoms with Crippen molar-refractivity contribution in [2.24, 2.45) is 11.1 Å². The topological polar surface area (TPSA) is 64.4 Å². The molecular weight excluding hydrogens is 359 g/mol. The molecule has 6 heteroatoms. The molecule has 0 unspecified atom stereocenters. The van der Waals surface area contributed by atoms with Gasteiger partial charge in [0.15, 0.2) is 0 Å². The Kier molecular flexibility index (Phi) is 8.69. The summed E-state index contributed by atoms with van der Waals surface area (Å²) < 4.78 is 5.55. The van der Waals surface area contributed by atoms with Crippen LogP contribution in [0.5, 0.6) is 0 Å². The van der Waals surface area contributed by atoms with E-state index >= 15 is 0 Å². The van der Waals surface area contributed by atoms with Gasteiger partial charge in [0.05, 0.1) is 5.41 Å². The Morgan fingerprint density at radius 1 is 1.32 bits per heavy atom. The highest BCUT2D eigenvalue weighted by Crippen LogP contribution is 2.36. The van der Waals surface area contributed by atoms with Crippen molar-refractivity contribution >= 4 is 29.9 Å². The van der Waals surface area contributed by atoms with Gasteiger partial charge in [-0.15, -0.1) is 12.4 Å². The van der Waals surface area contributed by atoms with E-state index in [4.69, 9.17) is 22.1 Å². The second-order valence-corrected chi connectivity index (χ2v) is 7.21. The molecule has 2 rings (SSSR count). The summed E-state index contributed by atoms with van der Waals surface area (Å²) in [6.45, 7) is 6.42. The molecule has 1 fully saturated rings. The summed E-state index contributed by atoms with van der Waals surface area (Å²) in [5, 5.41) is 3.91. The number of hydrogen-bond acceptors (Lipinski definition) is 3. The summed E-state index contributed by atoms with van der Waals surface area (Å²) in [5.74, 6) is 0.0582. The van der Waals surface area contributed by atoms with Gasteiger partial charge in [0.2, 0.25) is 5.91 Å². The molecule has 0 spiro atoms. The van der Waals surface area contributed by atoms with E-state index in [1.807, 2.05) is 32.0 Å². The minimum Gasteiger partial charge on any atom is -0.381 e. The summed E-state index contributed by atoms with van der Waals surface area (Å²) in [6, 6.07) is 7.96. The number of nitrogens with two attached hydrogens (primary N) is 1. The SMILES string of the molecule is CCC(CC)(CN)C(=O)NCC1(c2cccc(Cl)c2)CCOCC1.Cl. The van der Waals surface area contributed by atoms with Gasteiger partial charge in [-0.3, -0.25) is 4.79 Å². The quantitative estimate of drug-likeness (QED) is 0.748. The van der Waals surface area contributed by atoms with E-state index in [0.717, 1.165) is 30.7 Å². The Labute approximate surface area is 162 Å². The molecule has 25 heavy (non-hydrogen) atoms. The van der Waals surface area contributed by atoms with Crippen LogP contribution in [0.3, 0.4) is 0 Å². The van der Waals surface area contributed by atoms with E-state index < -0.39 is 5.41 Å². The van der Waals surface area contributed by atoms with Crippen LogP contribution in [0.2, 0.25) is 5.02 Å². The molecule has 1 saturated heterocycles. The van der Waals surface area contributed by atoms with E-state index in [1.165, 1.54) is 5.56 Å². The Balaban J connectivity index is 0.00000312. The number of nitrogens with one attached hydrogen (secondary N) is 1. The largest absolute Gasteiger partial charge is 0.381 e. The van der Waals surface area contributed by atoms with E-state index in [9.17, 15) is 4.79 Å². The summed E-state index contributed by atoms with van der Waals surface area (Å²) in [4.78, 5) is 12.8. The summed E-state index contributed by atoms with van der Waals surface area (Å²) >= 11 is 6.19. The highest BCUT2D eigenvalue weighted by Gasteiger charge is 2.38. The molecule has 0 aliphatic carbocycles. The van der Waals surface area contributed by atoms with Crippen molar-refractivity contribution < 1.29 is 9.53 Å². The first kappa shape index (κ1) is 22.2. The van der Waals surface area contributed by atoms with Gasteiger partial charge in [-0.05, 0) is 43.4 Å². The summed E-state index contributed by atoms with van der Waals surface area (Å²) in [5.41, 5.74) is 6.48. The van der Waals surface area contributed by atoms with Crippen LogP contribution in [-0.2, 0) is 14.9 Å². The number of amides is 1. The smallest absolute Gasteiger partial charge is 0.227 e. The Morgan fingerprint density at radius 3 is 2.48 bits per heavy atom. The third-order valence-corrected chi connectivity index (χ3v) is 5.94. The van der Waals surface area contributed by atoms with Gasteiger partial charge in [0.25, 0.3) is 0 Å². The van der Waals surface area contributed by atoms with Crippen LogP contribution in [0, 0.1) is 5.41 Å². The molecule has 0 radical (unpaired) electrons. The lowest BCUT2D eigenvalue weighted by atomic mass is 9.73. The van der Waals surface area contributed by atoms with Gasteiger partial charge in [-0.2, -0.15) is 0 Å². The summed E-state index contributed by atoms with van der Waals surface area (Å²) in [6.07, 6.45) is 3.25. The van der Waals surface area contributed by atoms with E-state index in [0.29, 0.717) is 26.3 Å². The van der Waals surface area contributed by atoms with Crippen molar-refractivity contribution in [3.8, 4) is 0 Å². The molecule has 4 nitrogen and oxygen atoms in total. The first-order valence-corrected chi connectivity index (χ1v) is 9.22. The molecule has 0 bridgehead atoms. The second-order valence-electron chi connectivity index (χ2n) is 6.78. The molecule has 1 aromatic rings. The number of ether oxygens (including phenoxy) is 1. The van der Waals surface area contributed by atoms with Crippen molar-refractivity contribution in [3.05, 3.63) is 34.9 Å². The van der Waals surface area contributed by atoms with Crippen molar-refractivity contribution in [1.29, 1.82) is 0 Å². The fourth-order valence-electron chi connectivity index (χ4n) is 3.54. The van der Waals surface area contributed by atoms with Crippen molar-refractivity contribution in [3.63, 3.8) is 0 Å². The first-order chi connectivity index (χ1) is 11.5. The molecule has 1 heterocycles. The number of hydrogen-bond donors (Lipinski definition) is 2. The van der Waals surface area contributed by atoms with Crippen molar-refractivity contribution in [2.75, 3.05) is 26.3 Å². The van der Waals surface area contributed by atoms with Gasteiger partial charge in [-0.1, -0.05) is 37.6 Å². The molecular formula is C19H30Cl2N2O2. The molecule has 0 atom stereocenters. The van der Waals surface area contributed by atoms with E-state index in [2.05, 4.69) is 11.4 Å². The Bertz CT molecular complexity index is 548. The van der Waals surface area contributed by atoms with Crippen LogP contribution < -0.4 is 11.1 Å². The van der Waals surface area contributed by atoms with E-state index in [-0.39, 0.29) is 23.7 Å². The lowest BCUT2D eigenvalue weighted by Crippen LogP contribution is -2.51. The van der Waals surface area contributed by atoms with Crippen LogP contribution in [0.25, 0.3) is 0 Å². The van der Waals surface area contributed by atoms with Gasteiger partial charge in [0, 0.05) is 36.7 Å². The molecule has 3 N–H and O–H groups in total. The minimum absolute atomic E-state index is 0. The van der Waals surface area contributed by atoms with Crippen molar-refractivity contribution in [2.45, 2.75) is 44.9 Å². The highest BCUT2D eigenvalue weighted by molar-refractivity contribution is 6.30. The minimum atomic E-state index is -0.472. The maximum atomic E-state index is 12.8. The monoisotopic (exact) mass is 388 g/mol. The maximum Gasteiger partial charge on any atom is 0.227 e. The van der Waals surface area contributed by atoms with Crippen LogP contribution in [0.4, 0.5) is 0 Å². The van der Waals surface area contributed by atoms with Gasteiger partial charge < -0.3 is 15.8 Å². The zero-order valence-corrected chi connectivity index (χ0v) is 16.7. The fraction of sp³-hybridized carbons (Fsp3) is 0.632. The third-order valence-electron chi connectivity index (χ3n) is 5.70. The number of carbonyl (C=O) groups is 1. The van der Waals surface area contributed by atoms with Gasteiger partial charge in [0.1, 0.15) is 0 Å². The van der Waals surface area contributed by atoms with Crippen LogP contribution in [0.15, 0.2) is 24.3 Å². The normalized spacial score (nSPS) is 16.8. The first-order valence-electron chi connectivity index (χ1n) is 8.84. The number of carbonyl (C=O) groups excluding carboxylic acids is 1. The highest BCUT2D eigenvalue weighted by atomic mass is 35.5. The van der Waals surface area contributed by atoms with Gasteiger partial charge in [-0.25, -0.2) is 0 Å². The second kappa shape index (κ2) is 9.77. The van der Waals surface area contributed by atoms with Crippen LogP contribution in [0.1, 0.15) is 45.1 Å². The summed E-state index contributed by atoms with van der Waals surface area (Å²) in [7, 11) is 0. The van der Waals surface area contributed by atoms with Crippen molar-refractivity contribution in [1.82, 2.24) is 5.32 Å². The Morgan fingerprint density at radius 2 is 1.96 bits per heavy atom. The molecule has 1 aliphatic rings. The molecule has 142 valence electrons. The number of halogens is 2. The van der Waals surface area contributed by atoms with E-state index in [1.54, 1.807) is 0 Å². The molecule has 1 aliphatic heterocycles. The predicted octanol–water partition coefficient (Wildman–Crippen LogP) is 3.69. The number of rotatable bonds is 7. The maximum absolute atomic E-state index is 12.8. The third kappa shape index (κ3) is 4.88. The fourth-order valence-corrected chi connectivity index (χ4v) is 3.73. The Hall–Kier alpha value is -0.810. The molecule has 1 amide bonds. The zero-order chi connectivity index (χ0) is 17.6. The molecule has 0 aromatic heterocycles. The lowest BCUT2D eigenvalue weighted by Gasteiger charge is -2.39. The van der Waals surface area contributed by atoms with Crippen LogP contribution in [-0.4, -0.2) is 32.2 Å². The molecule has 0 saturated carbocycles. The lowest BCUT2D eigenvalue weighted by molar-refractivity contribution is -0.131. The average Bonchev–Trinajstić information content (AvgIpc) is 2.63. The standard InChI is InChI=1S/C19H29ClN2O2.ClH/c1-3-18(4-2,13-21)17(23)22-14-19(8-10-24-11-9-19)15-6-5-7-16(20)12-15;/h5-7,12H,3-4,8-11,13-14,21H2,1-2H3,(H,22,23);1H.